The summed E-state index contributed by atoms with van der Waals surface area (Å²) in [6.45, 7) is 3.07. The van der Waals surface area contributed by atoms with Crippen molar-refractivity contribution in [2.45, 2.75) is 32.9 Å². The number of rotatable bonds is 10. The molecule has 0 fully saturated rings. The minimum absolute atomic E-state index is 0.195. The molecule has 1 atom stereocenters. The van der Waals surface area contributed by atoms with Crippen LogP contribution in [0.5, 0.6) is 0 Å². The molecule has 0 saturated carbocycles. The van der Waals surface area contributed by atoms with Gasteiger partial charge in [-0.25, -0.2) is 12.8 Å². The molecule has 1 N–H and O–H groups in total. The Morgan fingerprint density at radius 2 is 1.84 bits per heavy atom. The van der Waals surface area contributed by atoms with Crippen LogP contribution in [0.25, 0.3) is 0 Å². The van der Waals surface area contributed by atoms with Crippen molar-refractivity contribution in [3.63, 3.8) is 0 Å². The second-order valence-electron chi connectivity index (χ2n) is 7.33. The molecule has 0 heterocycles. The molecule has 10 heteroatoms. The fourth-order valence-electron chi connectivity index (χ4n) is 3.03. The van der Waals surface area contributed by atoms with Crippen molar-refractivity contribution >= 4 is 39.1 Å². The Balaban J connectivity index is 2.38. The lowest BCUT2D eigenvalue weighted by Gasteiger charge is -2.31. The quantitative estimate of drug-likeness (QED) is 0.562. The first-order valence-electron chi connectivity index (χ1n) is 10.1. The van der Waals surface area contributed by atoms with Crippen molar-refractivity contribution in [2.75, 3.05) is 23.7 Å². The minimum Gasteiger partial charge on any atom is -0.354 e. The van der Waals surface area contributed by atoms with E-state index in [0.29, 0.717) is 18.0 Å². The Bertz CT molecular complexity index is 1060. The highest BCUT2D eigenvalue weighted by atomic mass is 35.5. The smallest absolute Gasteiger partial charge is 0.244 e. The third kappa shape index (κ3) is 6.93. The number of benzene rings is 2. The van der Waals surface area contributed by atoms with Crippen LogP contribution in [0.1, 0.15) is 25.8 Å². The molecule has 0 aliphatic heterocycles. The predicted molar refractivity (Wildman–Crippen MR) is 123 cm³/mol. The van der Waals surface area contributed by atoms with Gasteiger partial charge in [0.15, 0.2) is 0 Å². The molecule has 32 heavy (non-hydrogen) atoms. The number of halogens is 2. The fraction of sp³-hybridized carbons (Fsp3) is 0.364. The number of anilines is 1. The number of sulfonamides is 1. The van der Waals surface area contributed by atoms with Crippen LogP contribution in [0, 0.1) is 5.82 Å². The number of nitrogens with zero attached hydrogens (tertiary/aromatic N) is 2. The zero-order chi connectivity index (χ0) is 23.9. The molecule has 1 unspecified atom stereocenters. The van der Waals surface area contributed by atoms with E-state index in [9.17, 15) is 22.4 Å². The minimum atomic E-state index is -3.85. The summed E-state index contributed by atoms with van der Waals surface area (Å²) in [6.07, 6.45) is 1.68. The van der Waals surface area contributed by atoms with Crippen molar-refractivity contribution in [2.24, 2.45) is 0 Å². The Kier molecular flexibility index (Phi) is 9.03. The Labute approximate surface area is 193 Å². The fourth-order valence-corrected chi connectivity index (χ4v) is 4.06. The SMILES string of the molecule is CCCNC(=O)C(C)N(Cc1ccccc1F)C(=O)CN(c1cccc(Cl)c1)S(C)(=O)=O. The number of nitrogens with one attached hydrogen (secondary N) is 1. The van der Waals surface area contributed by atoms with Crippen LogP contribution in [0.3, 0.4) is 0 Å². The average Bonchev–Trinajstić information content (AvgIpc) is 2.73. The van der Waals surface area contributed by atoms with E-state index in [2.05, 4.69) is 5.32 Å². The van der Waals surface area contributed by atoms with Crippen molar-refractivity contribution in [1.29, 1.82) is 0 Å². The van der Waals surface area contributed by atoms with Gasteiger partial charge in [0, 0.05) is 23.7 Å². The van der Waals surface area contributed by atoms with Crippen molar-refractivity contribution in [1.82, 2.24) is 10.2 Å². The molecule has 174 valence electrons. The summed E-state index contributed by atoms with van der Waals surface area (Å²) in [4.78, 5) is 27.0. The van der Waals surface area contributed by atoms with Gasteiger partial charge in [0.1, 0.15) is 18.4 Å². The third-order valence-electron chi connectivity index (χ3n) is 4.79. The normalized spacial score (nSPS) is 12.2. The molecular formula is C22H27ClFN3O4S. The van der Waals surface area contributed by atoms with Crippen molar-refractivity contribution in [3.05, 3.63) is 64.9 Å². The molecule has 0 aliphatic carbocycles. The molecule has 2 aromatic rings. The van der Waals surface area contributed by atoms with Crippen LogP contribution in [0.4, 0.5) is 10.1 Å². The predicted octanol–water partition coefficient (Wildman–Crippen LogP) is 3.19. The molecule has 2 amide bonds. The lowest BCUT2D eigenvalue weighted by atomic mass is 10.1. The van der Waals surface area contributed by atoms with Gasteiger partial charge in [0.05, 0.1) is 11.9 Å². The molecule has 0 bridgehead atoms. The van der Waals surface area contributed by atoms with E-state index in [1.165, 1.54) is 42.2 Å². The molecule has 0 aromatic heterocycles. The van der Waals surface area contributed by atoms with Crippen LogP contribution in [0.15, 0.2) is 48.5 Å². The van der Waals surface area contributed by atoms with E-state index >= 15 is 0 Å². The monoisotopic (exact) mass is 483 g/mol. The van der Waals surface area contributed by atoms with Gasteiger partial charge in [-0.05, 0) is 37.6 Å². The number of carbonyl (C=O) groups is 2. The van der Waals surface area contributed by atoms with E-state index in [1.807, 2.05) is 6.92 Å². The summed E-state index contributed by atoms with van der Waals surface area (Å²) in [5, 5.41) is 3.02. The summed E-state index contributed by atoms with van der Waals surface area (Å²) in [5.74, 6) is -1.59. The summed E-state index contributed by atoms with van der Waals surface area (Å²) in [7, 11) is -3.85. The van der Waals surface area contributed by atoms with Gasteiger partial charge in [0.2, 0.25) is 21.8 Å². The number of hydrogen-bond acceptors (Lipinski definition) is 4. The number of amides is 2. The summed E-state index contributed by atoms with van der Waals surface area (Å²) >= 11 is 5.99. The van der Waals surface area contributed by atoms with Gasteiger partial charge < -0.3 is 10.2 Å². The zero-order valence-electron chi connectivity index (χ0n) is 18.2. The molecule has 2 rings (SSSR count). The molecule has 0 spiro atoms. The first-order valence-corrected chi connectivity index (χ1v) is 12.3. The zero-order valence-corrected chi connectivity index (χ0v) is 19.8. The number of hydrogen-bond donors (Lipinski definition) is 1. The van der Waals surface area contributed by atoms with E-state index in [1.54, 1.807) is 18.2 Å². The largest absolute Gasteiger partial charge is 0.354 e. The van der Waals surface area contributed by atoms with Crippen molar-refractivity contribution < 1.29 is 22.4 Å². The Morgan fingerprint density at radius 3 is 2.44 bits per heavy atom. The number of carbonyl (C=O) groups excluding carboxylic acids is 2. The van der Waals surface area contributed by atoms with Crippen LogP contribution >= 0.6 is 11.6 Å². The average molecular weight is 484 g/mol. The van der Waals surface area contributed by atoms with Crippen LogP contribution in [-0.2, 0) is 26.2 Å². The second-order valence-corrected chi connectivity index (χ2v) is 9.67. The highest BCUT2D eigenvalue weighted by molar-refractivity contribution is 7.92. The Hall–Kier alpha value is -2.65. The van der Waals surface area contributed by atoms with E-state index in [4.69, 9.17) is 11.6 Å². The maximum absolute atomic E-state index is 14.3. The Morgan fingerprint density at radius 1 is 1.16 bits per heavy atom. The molecule has 0 radical (unpaired) electrons. The first-order chi connectivity index (χ1) is 15.0. The lowest BCUT2D eigenvalue weighted by Crippen LogP contribution is -2.51. The van der Waals surface area contributed by atoms with E-state index < -0.39 is 40.2 Å². The maximum Gasteiger partial charge on any atom is 0.244 e. The standard InChI is InChI=1S/C22H27ClFN3O4S/c1-4-12-25-22(29)16(2)26(14-17-8-5-6-11-20(17)24)21(28)15-27(32(3,30)31)19-10-7-9-18(23)13-19/h5-11,13,16H,4,12,14-15H2,1-3H3,(H,25,29). The van der Waals surface area contributed by atoms with E-state index in [0.717, 1.165) is 10.6 Å². The maximum atomic E-state index is 14.3. The first kappa shape index (κ1) is 25.6. The molecular weight excluding hydrogens is 457 g/mol. The third-order valence-corrected chi connectivity index (χ3v) is 6.17. The van der Waals surface area contributed by atoms with Crippen LogP contribution in [0.2, 0.25) is 5.02 Å². The van der Waals surface area contributed by atoms with Gasteiger partial charge in [-0.1, -0.05) is 42.8 Å². The topological polar surface area (TPSA) is 86.8 Å². The molecule has 0 aliphatic rings. The summed E-state index contributed by atoms with van der Waals surface area (Å²) < 4.78 is 40.1. The van der Waals surface area contributed by atoms with E-state index in [-0.39, 0.29) is 17.8 Å². The summed E-state index contributed by atoms with van der Waals surface area (Å²) in [5.41, 5.74) is 0.423. The summed E-state index contributed by atoms with van der Waals surface area (Å²) in [6, 6.07) is 11.1. The molecule has 7 nitrogen and oxygen atoms in total. The van der Waals surface area contributed by atoms with Crippen LogP contribution in [-0.4, -0.2) is 50.5 Å². The van der Waals surface area contributed by atoms with Crippen LogP contribution < -0.4 is 9.62 Å². The molecule has 2 aromatic carbocycles. The van der Waals surface area contributed by atoms with Crippen molar-refractivity contribution in [3.8, 4) is 0 Å². The van der Waals surface area contributed by atoms with Gasteiger partial charge in [0.25, 0.3) is 0 Å². The van der Waals surface area contributed by atoms with Gasteiger partial charge in [-0.3, -0.25) is 13.9 Å². The molecule has 0 saturated heterocycles. The highest BCUT2D eigenvalue weighted by Crippen LogP contribution is 2.22. The van der Waals surface area contributed by atoms with Gasteiger partial charge in [-0.15, -0.1) is 0 Å². The lowest BCUT2D eigenvalue weighted by molar-refractivity contribution is -0.139. The van der Waals surface area contributed by atoms with Gasteiger partial charge >= 0.3 is 0 Å². The highest BCUT2D eigenvalue weighted by Gasteiger charge is 2.30. The second kappa shape index (κ2) is 11.3. The van der Waals surface area contributed by atoms with Gasteiger partial charge in [-0.2, -0.15) is 0 Å².